The van der Waals surface area contributed by atoms with Crippen molar-refractivity contribution in [2.24, 2.45) is 0 Å². The van der Waals surface area contributed by atoms with E-state index < -0.39 is 28.9 Å². The summed E-state index contributed by atoms with van der Waals surface area (Å²) in [6, 6.07) is 2.00. The molecular weight excluding hydrogens is 226 g/mol. The molecule has 0 aliphatic rings. The first-order chi connectivity index (χ1) is 7.36. The number of ketones is 1. The summed E-state index contributed by atoms with van der Waals surface area (Å²) in [4.78, 5) is 11.3. The monoisotopic (exact) mass is 235 g/mol. The maximum Gasteiger partial charge on any atom is 0.417 e. The normalized spacial score (nSPS) is 11.6. The van der Waals surface area contributed by atoms with Gasteiger partial charge in [0.25, 0.3) is 0 Å². The van der Waals surface area contributed by atoms with Gasteiger partial charge in [0.1, 0.15) is 5.82 Å². The number of likely N-dealkylation sites (N-methyl/N-ethyl adjacent to an activating group) is 1. The zero-order chi connectivity index (χ0) is 12.3. The van der Waals surface area contributed by atoms with Gasteiger partial charge in [-0.25, -0.2) is 4.39 Å². The van der Waals surface area contributed by atoms with Crippen LogP contribution in [0, 0.1) is 5.82 Å². The van der Waals surface area contributed by atoms with E-state index in [1.54, 1.807) is 0 Å². The third-order valence-electron chi connectivity index (χ3n) is 1.92. The highest BCUT2D eigenvalue weighted by molar-refractivity contribution is 5.99. The average molecular weight is 235 g/mol. The van der Waals surface area contributed by atoms with Crippen molar-refractivity contribution in [2.45, 2.75) is 6.18 Å². The van der Waals surface area contributed by atoms with Crippen LogP contribution in [0.5, 0.6) is 0 Å². The van der Waals surface area contributed by atoms with Crippen LogP contribution in [0.4, 0.5) is 17.6 Å². The highest BCUT2D eigenvalue weighted by atomic mass is 19.4. The predicted molar refractivity (Wildman–Crippen MR) is 49.7 cm³/mol. The van der Waals surface area contributed by atoms with Crippen LogP contribution in [-0.2, 0) is 6.18 Å². The van der Waals surface area contributed by atoms with Gasteiger partial charge >= 0.3 is 6.18 Å². The minimum Gasteiger partial charge on any atom is -0.313 e. The summed E-state index contributed by atoms with van der Waals surface area (Å²) < 4.78 is 50.2. The van der Waals surface area contributed by atoms with Gasteiger partial charge in [-0.2, -0.15) is 13.2 Å². The van der Waals surface area contributed by atoms with Crippen LogP contribution >= 0.6 is 0 Å². The molecule has 0 heterocycles. The Balaban J connectivity index is 3.23. The molecule has 1 rings (SSSR count). The van der Waals surface area contributed by atoms with Gasteiger partial charge in [0.05, 0.1) is 12.1 Å². The van der Waals surface area contributed by atoms with Crippen molar-refractivity contribution in [1.29, 1.82) is 0 Å². The fourth-order valence-corrected chi connectivity index (χ4v) is 1.25. The Morgan fingerprint density at radius 2 is 2.00 bits per heavy atom. The van der Waals surface area contributed by atoms with Gasteiger partial charge in [0.2, 0.25) is 0 Å². The average Bonchev–Trinajstić information content (AvgIpc) is 2.16. The van der Waals surface area contributed by atoms with E-state index in [1.807, 2.05) is 0 Å². The first-order valence-electron chi connectivity index (χ1n) is 4.41. The van der Waals surface area contributed by atoms with Crippen LogP contribution in [0.25, 0.3) is 0 Å². The Morgan fingerprint density at radius 3 is 2.50 bits per heavy atom. The molecular formula is C10H9F4NO. The maximum absolute atomic E-state index is 12.7. The molecule has 16 heavy (non-hydrogen) atoms. The van der Waals surface area contributed by atoms with Gasteiger partial charge < -0.3 is 5.32 Å². The predicted octanol–water partition coefficient (Wildman–Crippen LogP) is 2.25. The molecule has 0 fully saturated rings. The Bertz CT molecular complexity index is 400. The summed E-state index contributed by atoms with van der Waals surface area (Å²) in [7, 11) is 1.44. The van der Waals surface area contributed by atoms with Crippen molar-refractivity contribution in [1.82, 2.24) is 5.32 Å². The Hall–Kier alpha value is -1.43. The van der Waals surface area contributed by atoms with Gasteiger partial charge in [-0.3, -0.25) is 4.79 Å². The summed E-state index contributed by atoms with van der Waals surface area (Å²) in [5.74, 6) is -1.75. The molecule has 0 unspecified atom stereocenters. The third kappa shape index (κ3) is 2.79. The number of nitrogens with one attached hydrogen (secondary N) is 1. The van der Waals surface area contributed by atoms with E-state index in [-0.39, 0.29) is 6.54 Å². The molecule has 0 saturated heterocycles. The van der Waals surface area contributed by atoms with Crippen molar-refractivity contribution in [3.63, 3.8) is 0 Å². The Labute approximate surface area is 89.3 Å². The number of hydrogen-bond donors (Lipinski definition) is 1. The van der Waals surface area contributed by atoms with E-state index in [0.29, 0.717) is 6.07 Å². The lowest BCUT2D eigenvalue weighted by Crippen LogP contribution is -2.22. The standard InChI is InChI=1S/C10H9F4NO/c1-15-5-9(16)7-3-2-6(11)4-8(7)10(12,13)14/h2-4,15H,5H2,1H3. The Morgan fingerprint density at radius 1 is 1.38 bits per heavy atom. The number of benzene rings is 1. The topological polar surface area (TPSA) is 29.1 Å². The minimum absolute atomic E-state index is 0.227. The molecule has 0 aromatic heterocycles. The molecule has 0 bridgehead atoms. The van der Waals surface area contributed by atoms with Gasteiger partial charge in [0, 0.05) is 5.56 Å². The molecule has 1 aromatic rings. The van der Waals surface area contributed by atoms with Crippen LogP contribution in [0.3, 0.4) is 0 Å². The van der Waals surface area contributed by atoms with Gasteiger partial charge in [-0.1, -0.05) is 0 Å². The van der Waals surface area contributed by atoms with Crippen molar-refractivity contribution in [2.75, 3.05) is 13.6 Å². The number of alkyl halides is 3. The highest BCUT2D eigenvalue weighted by Gasteiger charge is 2.35. The fraction of sp³-hybridized carbons (Fsp3) is 0.300. The maximum atomic E-state index is 12.7. The summed E-state index contributed by atoms with van der Waals surface area (Å²) in [5, 5.41) is 2.45. The van der Waals surface area contributed by atoms with Crippen molar-refractivity contribution in [3.8, 4) is 0 Å². The molecule has 0 aliphatic heterocycles. The molecule has 6 heteroatoms. The van der Waals surface area contributed by atoms with Crippen LogP contribution in [-0.4, -0.2) is 19.4 Å². The second kappa shape index (κ2) is 4.61. The smallest absolute Gasteiger partial charge is 0.313 e. The molecule has 88 valence electrons. The molecule has 1 aromatic carbocycles. The van der Waals surface area contributed by atoms with Crippen molar-refractivity contribution in [3.05, 3.63) is 35.1 Å². The first-order valence-corrected chi connectivity index (χ1v) is 4.41. The second-order valence-corrected chi connectivity index (χ2v) is 3.14. The van der Waals surface area contributed by atoms with E-state index in [4.69, 9.17) is 0 Å². The van der Waals surface area contributed by atoms with E-state index in [1.165, 1.54) is 7.05 Å². The van der Waals surface area contributed by atoms with Crippen LogP contribution in [0.1, 0.15) is 15.9 Å². The molecule has 2 nitrogen and oxygen atoms in total. The lowest BCUT2D eigenvalue weighted by molar-refractivity contribution is -0.138. The van der Waals surface area contributed by atoms with Gasteiger partial charge in [-0.15, -0.1) is 0 Å². The van der Waals surface area contributed by atoms with E-state index in [9.17, 15) is 22.4 Å². The summed E-state index contributed by atoms with van der Waals surface area (Å²) in [6.07, 6.45) is -4.74. The molecule has 0 spiro atoms. The number of halogens is 4. The van der Waals surface area contributed by atoms with E-state index >= 15 is 0 Å². The van der Waals surface area contributed by atoms with Gasteiger partial charge in [-0.05, 0) is 25.2 Å². The molecule has 0 aliphatic carbocycles. The highest BCUT2D eigenvalue weighted by Crippen LogP contribution is 2.32. The summed E-state index contributed by atoms with van der Waals surface area (Å²) >= 11 is 0. The largest absolute Gasteiger partial charge is 0.417 e. The number of carbonyl (C=O) groups excluding carboxylic acids is 1. The van der Waals surface area contributed by atoms with Crippen LogP contribution in [0.2, 0.25) is 0 Å². The zero-order valence-electron chi connectivity index (χ0n) is 8.36. The van der Waals surface area contributed by atoms with Gasteiger partial charge in [0.15, 0.2) is 5.78 Å². The SMILES string of the molecule is CNCC(=O)c1ccc(F)cc1C(F)(F)F. The lowest BCUT2D eigenvalue weighted by atomic mass is 10.0. The molecule has 0 amide bonds. The minimum atomic E-state index is -4.74. The number of Topliss-reactive ketones (excluding diaryl/α,β-unsaturated/α-hetero) is 1. The third-order valence-corrected chi connectivity index (χ3v) is 1.92. The summed E-state index contributed by atoms with van der Waals surface area (Å²) in [5.41, 5.74) is -1.77. The van der Waals surface area contributed by atoms with Crippen LogP contribution in [0.15, 0.2) is 18.2 Å². The van der Waals surface area contributed by atoms with E-state index in [0.717, 1.165) is 12.1 Å². The molecule has 0 radical (unpaired) electrons. The first kappa shape index (κ1) is 12.6. The number of carbonyl (C=O) groups is 1. The number of hydrogen-bond acceptors (Lipinski definition) is 2. The fourth-order valence-electron chi connectivity index (χ4n) is 1.25. The molecule has 0 saturated carbocycles. The molecule has 1 N–H and O–H groups in total. The second-order valence-electron chi connectivity index (χ2n) is 3.14. The summed E-state index contributed by atoms with van der Waals surface area (Å²) in [6.45, 7) is -0.227. The zero-order valence-corrected chi connectivity index (χ0v) is 8.36. The van der Waals surface area contributed by atoms with E-state index in [2.05, 4.69) is 5.32 Å². The lowest BCUT2D eigenvalue weighted by Gasteiger charge is -2.11. The quantitative estimate of drug-likeness (QED) is 0.643. The van der Waals surface area contributed by atoms with Crippen LogP contribution < -0.4 is 5.32 Å². The Kier molecular flexibility index (Phi) is 3.64. The molecule has 0 atom stereocenters. The number of rotatable bonds is 3. The van der Waals surface area contributed by atoms with Crippen molar-refractivity contribution >= 4 is 5.78 Å². The van der Waals surface area contributed by atoms with Crippen molar-refractivity contribution < 1.29 is 22.4 Å².